The van der Waals surface area contributed by atoms with Gasteiger partial charge < -0.3 is 4.84 Å². The van der Waals surface area contributed by atoms with E-state index in [-0.39, 0.29) is 0 Å². The third-order valence-corrected chi connectivity index (χ3v) is 0.777. The molecule has 0 atom stereocenters. The lowest BCUT2D eigenvalue weighted by molar-refractivity contribution is 0.184. The fraction of sp³-hybridized carbons (Fsp3) is 0. The molecule has 0 aromatic heterocycles. The summed E-state index contributed by atoms with van der Waals surface area (Å²) in [4.78, 5) is 4.49. The Balaban J connectivity index is 2.45. The van der Waals surface area contributed by atoms with Crippen LogP contribution < -0.4 is 5.48 Å². The summed E-state index contributed by atoms with van der Waals surface area (Å²) in [6, 6.07) is 0. The Morgan fingerprint density at radius 1 is 2.00 bits per heavy atom. The molecule has 0 unspecified atom stereocenters. The molecular weight excluding hydrogens is 146 g/mol. The molecule has 2 radical (unpaired) electrons. The van der Waals surface area contributed by atoms with E-state index >= 15 is 0 Å². The Bertz CT molecular complexity index is 80.9. The summed E-state index contributed by atoms with van der Waals surface area (Å²) >= 11 is 3.10. The zero-order valence-corrected chi connectivity index (χ0v) is 4.45. The number of hydrogen-bond acceptors (Lipinski definition) is 2. The average molecular weight is 148 g/mol. The highest BCUT2D eigenvalue weighted by molar-refractivity contribution is 9.11. The zero-order valence-electron chi connectivity index (χ0n) is 2.86. The minimum Gasteiger partial charge on any atom is -0.415 e. The molecule has 1 rings (SSSR count). The minimum absolute atomic E-state index is 0.808. The van der Waals surface area contributed by atoms with E-state index in [0.717, 1.165) is 4.48 Å². The molecule has 3 heteroatoms. The molecule has 0 saturated heterocycles. The van der Waals surface area contributed by atoms with Crippen LogP contribution in [0.5, 0.6) is 0 Å². The first kappa shape index (κ1) is 4.15. The van der Waals surface area contributed by atoms with Crippen LogP contribution in [0.3, 0.4) is 0 Å². The highest BCUT2D eigenvalue weighted by atomic mass is 79.9. The number of nitrogens with one attached hydrogen (secondary N) is 1. The van der Waals surface area contributed by atoms with Gasteiger partial charge in [-0.1, -0.05) is 0 Å². The fourth-order valence-corrected chi connectivity index (χ4v) is 0.363. The zero-order chi connectivity index (χ0) is 4.41. The van der Waals surface area contributed by atoms with Gasteiger partial charge in [-0.15, -0.1) is 5.48 Å². The predicted molar refractivity (Wildman–Crippen MR) is 24.5 cm³/mol. The van der Waals surface area contributed by atoms with Gasteiger partial charge in [-0.25, -0.2) is 0 Å². The SMILES string of the molecule is BrC1=CON[C]1. The number of hydrogen-bond donors (Lipinski definition) is 1. The van der Waals surface area contributed by atoms with Crippen LogP contribution in [0.15, 0.2) is 10.7 Å². The van der Waals surface area contributed by atoms with Crippen molar-refractivity contribution >= 4 is 15.9 Å². The predicted octanol–water partition coefficient (Wildman–Crippen LogP) is 0.796. The van der Waals surface area contributed by atoms with Crippen LogP contribution >= 0.6 is 15.9 Å². The largest absolute Gasteiger partial charge is 0.415 e. The van der Waals surface area contributed by atoms with E-state index in [1.807, 2.05) is 0 Å². The van der Waals surface area contributed by atoms with Crippen LogP contribution in [0.25, 0.3) is 0 Å². The molecule has 0 spiro atoms. The van der Waals surface area contributed by atoms with E-state index in [1.165, 1.54) is 6.26 Å². The van der Waals surface area contributed by atoms with Crippen LogP contribution in [0.2, 0.25) is 0 Å². The summed E-state index contributed by atoms with van der Waals surface area (Å²) in [5.41, 5.74) is 2.38. The fourth-order valence-electron chi connectivity index (χ4n) is 0.189. The van der Waals surface area contributed by atoms with E-state index in [0.29, 0.717) is 0 Å². The van der Waals surface area contributed by atoms with Crippen LogP contribution in [0.4, 0.5) is 0 Å². The molecule has 2 nitrogen and oxygen atoms in total. The van der Waals surface area contributed by atoms with Crippen molar-refractivity contribution in [3.63, 3.8) is 0 Å². The molecule has 0 aliphatic carbocycles. The molecule has 0 aromatic rings. The van der Waals surface area contributed by atoms with Crippen molar-refractivity contribution in [1.82, 2.24) is 5.48 Å². The van der Waals surface area contributed by atoms with E-state index in [2.05, 4.69) is 32.8 Å². The normalized spacial score (nSPS) is 19.8. The third kappa shape index (κ3) is 0.725. The van der Waals surface area contributed by atoms with Crippen LogP contribution in [0, 0.1) is 6.54 Å². The lowest BCUT2D eigenvalue weighted by Gasteiger charge is -1.81. The Labute approximate surface area is 44.3 Å². The van der Waals surface area contributed by atoms with Crippen molar-refractivity contribution in [1.29, 1.82) is 0 Å². The smallest absolute Gasteiger partial charge is 0.145 e. The standard InChI is InChI=1S/C3H2BrNO/c4-3-1-5-6-2-3/h2,5H. The highest BCUT2D eigenvalue weighted by Gasteiger charge is 1.98. The highest BCUT2D eigenvalue weighted by Crippen LogP contribution is 2.10. The molecule has 1 N–H and O–H groups in total. The average Bonchev–Trinajstić information content (AvgIpc) is 1.86. The first-order valence-electron chi connectivity index (χ1n) is 1.42. The quantitative estimate of drug-likeness (QED) is 0.548. The Kier molecular flexibility index (Phi) is 1.12. The van der Waals surface area contributed by atoms with Gasteiger partial charge in [0, 0.05) is 0 Å². The molecule has 0 fully saturated rings. The van der Waals surface area contributed by atoms with Crippen molar-refractivity contribution in [2.45, 2.75) is 0 Å². The number of hydroxylamine groups is 1. The van der Waals surface area contributed by atoms with Crippen molar-refractivity contribution in [3.05, 3.63) is 17.3 Å². The van der Waals surface area contributed by atoms with E-state index in [4.69, 9.17) is 0 Å². The van der Waals surface area contributed by atoms with Gasteiger partial charge in [0.15, 0.2) is 0 Å². The van der Waals surface area contributed by atoms with Crippen molar-refractivity contribution in [3.8, 4) is 0 Å². The maximum absolute atomic E-state index is 4.49. The van der Waals surface area contributed by atoms with Gasteiger partial charge in [0.1, 0.15) is 12.8 Å². The first-order valence-corrected chi connectivity index (χ1v) is 2.21. The summed E-state index contributed by atoms with van der Waals surface area (Å²) in [6.45, 7) is 2.62. The van der Waals surface area contributed by atoms with E-state index < -0.39 is 0 Å². The second-order valence-electron chi connectivity index (χ2n) is 0.811. The summed E-state index contributed by atoms with van der Waals surface area (Å²) in [5, 5.41) is 0. The third-order valence-electron chi connectivity index (χ3n) is 0.392. The molecular formula is C3H2BrNO. The Morgan fingerprint density at radius 2 is 2.83 bits per heavy atom. The Morgan fingerprint density at radius 3 is 3.00 bits per heavy atom. The topological polar surface area (TPSA) is 21.3 Å². The van der Waals surface area contributed by atoms with Gasteiger partial charge in [0.05, 0.1) is 4.48 Å². The minimum atomic E-state index is 0.808. The maximum atomic E-state index is 4.49. The Hall–Kier alpha value is -0.0200. The van der Waals surface area contributed by atoms with Gasteiger partial charge >= 0.3 is 0 Å². The maximum Gasteiger partial charge on any atom is 0.145 e. The molecule has 0 amide bonds. The second kappa shape index (κ2) is 1.62. The summed E-state index contributed by atoms with van der Waals surface area (Å²) in [7, 11) is 0. The molecule has 0 aromatic carbocycles. The lowest BCUT2D eigenvalue weighted by atomic mass is 10.7. The van der Waals surface area contributed by atoms with Crippen LogP contribution in [-0.2, 0) is 4.84 Å². The molecule has 1 aliphatic rings. The summed E-state index contributed by atoms with van der Waals surface area (Å²) in [5.74, 6) is 0. The van der Waals surface area contributed by atoms with E-state index in [1.54, 1.807) is 0 Å². The molecule has 6 heavy (non-hydrogen) atoms. The van der Waals surface area contributed by atoms with Crippen molar-refractivity contribution in [2.75, 3.05) is 0 Å². The van der Waals surface area contributed by atoms with Gasteiger partial charge in [-0.3, -0.25) is 0 Å². The van der Waals surface area contributed by atoms with E-state index in [9.17, 15) is 0 Å². The lowest BCUT2D eigenvalue weighted by Crippen LogP contribution is -1.97. The molecule has 32 valence electrons. The number of rotatable bonds is 0. The van der Waals surface area contributed by atoms with Crippen molar-refractivity contribution < 1.29 is 4.84 Å². The molecule has 1 heterocycles. The van der Waals surface area contributed by atoms with Gasteiger partial charge in [0.2, 0.25) is 0 Å². The van der Waals surface area contributed by atoms with Crippen LogP contribution in [-0.4, -0.2) is 0 Å². The molecule has 0 saturated carbocycles. The molecule has 0 bridgehead atoms. The van der Waals surface area contributed by atoms with Crippen molar-refractivity contribution in [2.24, 2.45) is 0 Å². The second-order valence-corrected chi connectivity index (χ2v) is 1.67. The first-order chi connectivity index (χ1) is 2.89. The number of halogens is 1. The molecule has 1 aliphatic heterocycles. The van der Waals surface area contributed by atoms with Gasteiger partial charge in [0.25, 0.3) is 0 Å². The van der Waals surface area contributed by atoms with Gasteiger partial charge in [-0.05, 0) is 15.9 Å². The summed E-state index contributed by atoms with van der Waals surface area (Å²) in [6.07, 6.45) is 1.51. The van der Waals surface area contributed by atoms with Gasteiger partial charge in [-0.2, -0.15) is 0 Å². The summed E-state index contributed by atoms with van der Waals surface area (Å²) < 4.78 is 0.808. The monoisotopic (exact) mass is 147 g/mol. The van der Waals surface area contributed by atoms with Crippen LogP contribution in [0.1, 0.15) is 0 Å².